The Morgan fingerprint density at radius 3 is 2.63 bits per heavy atom. The van der Waals surface area contributed by atoms with Crippen molar-refractivity contribution in [2.45, 2.75) is 0 Å². The first kappa shape index (κ1) is 12.6. The number of benzene rings is 1. The van der Waals surface area contributed by atoms with Crippen LogP contribution in [0.15, 0.2) is 30.5 Å². The predicted molar refractivity (Wildman–Crippen MR) is 70.8 cm³/mol. The van der Waals surface area contributed by atoms with Crippen molar-refractivity contribution in [3.8, 4) is 0 Å². The van der Waals surface area contributed by atoms with E-state index in [1.165, 1.54) is 13.2 Å². The van der Waals surface area contributed by atoms with Crippen LogP contribution in [-0.4, -0.2) is 29.1 Å². The number of carbonyl (C=O) groups excluding carboxylic acids is 2. The molecule has 0 aliphatic heterocycles. The van der Waals surface area contributed by atoms with Crippen LogP contribution in [0.4, 0.5) is 11.4 Å². The van der Waals surface area contributed by atoms with Crippen molar-refractivity contribution >= 4 is 23.2 Å². The van der Waals surface area contributed by atoms with Crippen LogP contribution < -0.4 is 16.4 Å². The maximum absolute atomic E-state index is 12.0. The zero-order chi connectivity index (χ0) is 13.8. The highest BCUT2D eigenvalue weighted by molar-refractivity contribution is 6.10. The molecule has 7 heteroatoms. The molecule has 5 N–H and O–H groups in total. The maximum atomic E-state index is 12.0. The van der Waals surface area contributed by atoms with Crippen LogP contribution in [0.5, 0.6) is 0 Å². The van der Waals surface area contributed by atoms with Crippen LogP contribution >= 0.6 is 0 Å². The number of aromatic amines is 1. The summed E-state index contributed by atoms with van der Waals surface area (Å²) in [5.74, 6) is -0.736. The van der Waals surface area contributed by atoms with E-state index < -0.39 is 5.91 Å². The molecule has 1 aromatic carbocycles. The molecule has 0 aliphatic rings. The Bertz CT molecular complexity index is 620. The molecule has 1 aromatic heterocycles. The minimum Gasteiger partial charge on any atom is -0.396 e. The fourth-order valence-electron chi connectivity index (χ4n) is 1.59. The molecule has 0 saturated heterocycles. The third-order valence-electron chi connectivity index (χ3n) is 2.54. The molecule has 0 saturated carbocycles. The number of carbonyl (C=O) groups is 2. The van der Waals surface area contributed by atoms with Gasteiger partial charge in [0.05, 0.1) is 23.1 Å². The standard InChI is InChI=1S/C12H13N5O2/c1-14-11(18)7-4-2-3-5-9(7)16-12(19)10-8(13)6-15-17-10/h2-6H,13H2,1H3,(H,14,18)(H,15,17)(H,16,19). The molecule has 0 spiro atoms. The van der Waals surface area contributed by atoms with Gasteiger partial charge < -0.3 is 16.4 Å². The lowest BCUT2D eigenvalue weighted by molar-refractivity contribution is 0.0964. The maximum Gasteiger partial charge on any atom is 0.275 e. The monoisotopic (exact) mass is 259 g/mol. The number of nitrogen functional groups attached to an aromatic ring is 1. The summed E-state index contributed by atoms with van der Waals surface area (Å²) < 4.78 is 0. The average molecular weight is 259 g/mol. The van der Waals surface area contributed by atoms with Crippen molar-refractivity contribution < 1.29 is 9.59 Å². The Morgan fingerprint density at radius 2 is 2.00 bits per heavy atom. The normalized spacial score (nSPS) is 9.95. The lowest BCUT2D eigenvalue weighted by atomic mass is 10.1. The van der Waals surface area contributed by atoms with Gasteiger partial charge in [0.1, 0.15) is 5.69 Å². The van der Waals surface area contributed by atoms with Gasteiger partial charge in [-0.3, -0.25) is 14.7 Å². The van der Waals surface area contributed by atoms with Crippen molar-refractivity contribution in [1.82, 2.24) is 15.5 Å². The first-order chi connectivity index (χ1) is 9.13. The Balaban J connectivity index is 2.27. The molecule has 0 bridgehead atoms. The predicted octanol–water partition coefficient (Wildman–Crippen LogP) is 0.604. The molecule has 0 radical (unpaired) electrons. The molecule has 2 aromatic rings. The molecule has 2 rings (SSSR count). The van der Waals surface area contributed by atoms with Crippen molar-refractivity contribution in [2.24, 2.45) is 0 Å². The summed E-state index contributed by atoms with van der Waals surface area (Å²) in [6.07, 6.45) is 1.35. The fourth-order valence-corrected chi connectivity index (χ4v) is 1.59. The molecule has 1 heterocycles. The van der Waals surface area contributed by atoms with Crippen molar-refractivity contribution in [3.63, 3.8) is 0 Å². The first-order valence-corrected chi connectivity index (χ1v) is 5.54. The molecule has 0 unspecified atom stereocenters. The van der Waals surface area contributed by atoms with Gasteiger partial charge in [0.15, 0.2) is 0 Å². The number of aromatic nitrogens is 2. The molecule has 7 nitrogen and oxygen atoms in total. The summed E-state index contributed by atoms with van der Waals surface area (Å²) in [4.78, 5) is 23.6. The zero-order valence-corrected chi connectivity index (χ0v) is 10.2. The highest BCUT2D eigenvalue weighted by Crippen LogP contribution is 2.17. The number of nitrogens with zero attached hydrogens (tertiary/aromatic N) is 1. The van der Waals surface area contributed by atoms with E-state index in [0.717, 1.165) is 0 Å². The summed E-state index contributed by atoms with van der Waals surface area (Å²) in [6, 6.07) is 6.68. The lowest BCUT2D eigenvalue weighted by Gasteiger charge is -2.09. The highest BCUT2D eigenvalue weighted by Gasteiger charge is 2.15. The Morgan fingerprint density at radius 1 is 1.26 bits per heavy atom. The number of nitrogens with one attached hydrogen (secondary N) is 3. The fraction of sp³-hybridized carbons (Fsp3) is 0.0833. The lowest BCUT2D eigenvalue weighted by Crippen LogP contribution is -2.22. The van der Waals surface area contributed by atoms with Gasteiger partial charge in [0.2, 0.25) is 0 Å². The number of anilines is 2. The van der Waals surface area contributed by atoms with E-state index in [0.29, 0.717) is 11.3 Å². The smallest absolute Gasteiger partial charge is 0.275 e. The molecule has 0 fully saturated rings. The van der Waals surface area contributed by atoms with Crippen LogP contribution in [0.25, 0.3) is 0 Å². The van der Waals surface area contributed by atoms with E-state index in [9.17, 15) is 9.59 Å². The molecule has 19 heavy (non-hydrogen) atoms. The first-order valence-electron chi connectivity index (χ1n) is 5.54. The van der Waals surface area contributed by atoms with Crippen LogP contribution in [0.2, 0.25) is 0 Å². The number of H-pyrrole nitrogens is 1. The van der Waals surface area contributed by atoms with E-state index in [2.05, 4.69) is 20.8 Å². The van der Waals surface area contributed by atoms with Crippen molar-refractivity contribution in [1.29, 1.82) is 0 Å². The summed E-state index contributed by atoms with van der Waals surface area (Å²) in [5, 5.41) is 11.3. The van der Waals surface area contributed by atoms with Gasteiger partial charge in [-0.2, -0.15) is 5.10 Å². The van der Waals surface area contributed by atoms with Crippen LogP contribution in [0.3, 0.4) is 0 Å². The highest BCUT2D eigenvalue weighted by atomic mass is 16.2. The van der Waals surface area contributed by atoms with Crippen LogP contribution in [0.1, 0.15) is 20.8 Å². The number of para-hydroxylation sites is 1. The Kier molecular flexibility index (Phi) is 3.46. The molecular weight excluding hydrogens is 246 g/mol. The molecule has 0 atom stereocenters. The van der Waals surface area contributed by atoms with E-state index in [-0.39, 0.29) is 17.3 Å². The van der Waals surface area contributed by atoms with E-state index in [1.807, 2.05) is 0 Å². The number of amides is 2. The molecule has 0 aliphatic carbocycles. The van der Waals surface area contributed by atoms with Crippen LogP contribution in [-0.2, 0) is 0 Å². The SMILES string of the molecule is CNC(=O)c1ccccc1NC(=O)c1[nH]ncc1N. The number of nitrogens with two attached hydrogens (primary N) is 1. The van der Waals surface area contributed by atoms with Gasteiger partial charge in [-0.1, -0.05) is 12.1 Å². The summed E-state index contributed by atoms with van der Waals surface area (Å²) >= 11 is 0. The van der Waals surface area contributed by atoms with Gasteiger partial charge in [-0.05, 0) is 12.1 Å². The van der Waals surface area contributed by atoms with Gasteiger partial charge in [-0.15, -0.1) is 0 Å². The Hall–Kier alpha value is -2.83. The van der Waals surface area contributed by atoms with Gasteiger partial charge in [-0.25, -0.2) is 0 Å². The topological polar surface area (TPSA) is 113 Å². The summed E-state index contributed by atoms with van der Waals surface area (Å²) in [7, 11) is 1.52. The van der Waals surface area contributed by atoms with Gasteiger partial charge >= 0.3 is 0 Å². The molecular formula is C12H13N5O2. The summed E-state index contributed by atoms with van der Waals surface area (Å²) in [5.41, 5.74) is 6.76. The van der Waals surface area contributed by atoms with E-state index in [4.69, 9.17) is 5.73 Å². The molecule has 98 valence electrons. The minimum atomic E-state index is -0.452. The number of rotatable bonds is 3. The summed E-state index contributed by atoms with van der Waals surface area (Å²) in [6.45, 7) is 0. The minimum absolute atomic E-state index is 0.159. The average Bonchev–Trinajstić information content (AvgIpc) is 2.85. The second-order valence-corrected chi connectivity index (χ2v) is 3.78. The number of hydrogen-bond donors (Lipinski definition) is 4. The third kappa shape index (κ3) is 2.54. The largest absolute Gasteiger partial charge is 0.396 e. The van der Waals surface area contributed by atoms with Gasteiger partial charge in [0.25, 0.3) is 11.8 Å². The van der Waals surface area contributed by atoms with Crippen LogP contribution in [0, 0.1) is 0 Å². The quantitative estimate of drug-likeness (QED) is 0.646. The second kappa shape index (κ2) is 5.21. The Labute approximate surface area is 109 Å². The third-order valence-corrected chi connectivity index (χ3v) is 2.54. The van der Waals surface area contributed by atoms with E-state index in [1.54, 1.807) is 24.3 Å². The van der Waals surface area contributed by atoms with E-state index >= 15 is 0 Å². The number of hydrogen-bond acceptors (Lipinski definition) is 4. The second-order valence-electron chi connectivity index (χ2n) is 3.78. The van der Waals surface area contributed by atoms with Crippen molar-refractivity contribution in [2.75, 3.05) is 18.1 Å². The van der Waals surface area contributed by atoms with Crippen molar-refractivity contribution in [3.05, 3.63) is 41.7 Å². The molecule has 2 amide bonds. The van der Waals surface area contributed by atoms with Gasteiger partial charge in [0, 0.05) is 7.05 Å². The zero-order valence-electron chi connectivity index (χ0n) is 10.2.